The van der Waals surface area contributed by atoms with Gasteiger partial charge in [0, 0.05) is 21.3 Å². The van der Waals surface area contributed by atoms with Crippen molar-refractivity contribution in [2.45, 2.75) is 51.8 Å². The Balaban J connectivity index is 2.08. The van der Waals surface area contributed by atoms with Crippen molar-refractivity contribution in [2.75, 3.05) is 16.4 Å². The largest absolute Gasteiger partial charge is 0.315 e. The van der Waals surface area contributed by atoms with Crippen molar-refractivity contribution in [1.29, 1.82) is 0 Å². The molecule has 0 unspecified atom stereocenters. The molecule has 2 aliphatic rings. The first-order valence-electron chi connectivity index (χ1n) is 9.22. The highest BCUT2D eigenvalue weighted by molar-refractivity contribution is 9.10. The van der Waals surface area contributed by atoms with Crippen LogP contribution in [0, 0.1) is 19.8 Å². The number of aliphatic imine (C=N–C) groups is 1. The maximum atomic E-state index is 12.7. The summed E-state index contributed by atoms with van der Waals surface area (Å²) in [6.07, 6.45) is 1.52. The third-order valence-electron chi connectivity index (χ3n) is 5.30. The van der Waals surface area contributed by atoms with E-state index in [9.17, 15) is 13.2 Å². The first-order chi connectivity index (χ1) is 12.7. The van der Waals surface area contributed by atoms with E-state index in [0.29, 0.717) is 5.17 Å². The minimum atomic E-state index is -3.07. The molecule has 0 N–H and O–H groups in total. The van der Waals surface area contributed by atoms with Gasteiger partial charge in [0.25, 0.3) is 5.91 Å². The minimum absolute atomic E-state index is 0.0781. The van der Waals surface area contributed by atoms with E-state index in [1.165, 1.54) is 11.8 Å². The maximum absolute atomic E-state index is 12.7. The molecule has 148 valence electrons. The number of halogens is 1. The number of thioether (sulfide) groups is 1. The van der Waals surface area contributed by atoms with Crippen molar-refractivity contribution < 1.29 is 13.2 Å². The van der Waals surface area contributed by atoms with Gasteiger partial charge in [0.15, 0.2) is 15.0 Å². The monoisotopic (exact) mass is 472 g/mol. The average molecular weight is 473 g/mol. The van der Waals surface area contributed by atoms with Gasteiger partial charge in [-0.3, -0.25) is 4.79 Å². The van der Waals surface area contributed by atoms with Crippen LogP contribution < -0.4 is 4.90 Å². The second-order valence-corrected chi connectivity index (χ2v) is 11.6. The molecule has 0 bridgehead atoms. The van der Waals surface area contributed by atoms with Gasteiger partial charge < -0.3 is 4.90 Å². The first-order valence-corrected chi connectivity index (χ1v) is 12.7. The summed E-state index contributed by atoms with van der Waals surface area (Å²) in [7, 11) is -3.07. The number of hydrogen-bond donors (Lipinski definition) is 0. The highest BCUT2D eigenvalue weighted by Crippen LogP contribution is 2.43. The summed E-state index contributed by atoms with van der Waals surface area (Å²) < 4.78 is 25.4. The van der Waals surface area contributed by atoms with Gasteiger partial charge in [-0.2, -0.15) is 4.99 Å². The SMILES string of the molecule is CCC(CC)C(=O)N=C1S[C@H]2CS(=O)(=O)C[C@H]2N1c1c(C)cc(Br)cc1C. The Labute approximate surface area is 174 Å². The Bertz CT molecular complexity index is 871. The van der Waals surface area contributed by atoms with Crippen molar-refractivity contribution >= 4 is 54.3 Å². The Morgan fingerprint density at radius 3 is 2.41 bits per heavy atom. The quantitative estimate of drug-likeness (QED) is 0.659. The normalized spacial score (nSPS) is 25.4. The third-order valence-corrected chi connectivity index (χ3v) is 8.97. The highest BCUT2D eigenvalue weighted by Gasteiger charge is 2.50. The van der Waals surface area contributed by atoms with Crippen LogP contribution in [0.25, 0.3) is 0 Å². The van der Waals surface area contributed by atoms with Gasteiger partial charge in [0.1, 0.15) is 0 Å². The topological polar surface area (TPSA) is 66.8 Å². The van der Waals surface area contributed by atoms with E-state index in [-0.39, 0.29) is 34.6 Å². The van der Waals surface area contributed by atoms with Gasteiger partial charge in [0.2, 0.25) is 0 Å². The van der Waals surface area contributed by atoms with Crippen molar-refractivity contribution in [3.63, 3.8) is 0 Å². The number of aryl methyl sites for hydroxylation is 2. The molecule has 0 saturated carbocycles. The van der Waals surface area contributed by atoms with E-state index in [4.69, 9.17) is 0 Å². The molecule has 8 heteroatoms. The van der Waals surface area contributed by atoms with Crippen LogP contribution in [0.1, 0.15) is 37.8 Å². The number of carbonyl (C=O) groups excluding carboxylic acids is 1. The molecular weight excluding hydrogens is 448 g/mol. The molecule has 0 radical (unpaired) electrons. The van der Waals surface area contributed by atoms with E-state index < -0.39 is 9.84 Å². The van der Waals surface area contributed by atoms with E-state index in [2.05, 4.69) is 20.9 Å². The zero-order valence-corrected chi connectivity index (χ0v) is 19.2. The van der Waals surface area contributed by atoms with E-state index in [1.807, 2.05) is 44.7 Å². The summed E-state index contributed by atoms with van der Waals surface area (Å²) >= 11 is 4.96. The summed E-state index contributed by atoms with van der Waals surface area (Å²) in [5.74, 6) is 0.0580. The number of benzene rings is 1. The van der Waals surface area contributed by atoms with Crippen LogP contribution in [0.3, 0.4) is 0 Å². The van der Waals surface area contributed by atoms with Crippen LogP contribution in [-0.2, 0) is 14.6 Å². The number of anilines is 1. The molecule has 2 atom stereocenters. The summed E-state index contributed by atoms with van der Waals surface area (Å²) in [5.41, 5.74) is 3.04. The van der Waals surface area contributed by atoms with Crippen LogP contribution in [0.4, 0.5) is 5.69 Å². The summed E-state index contributed by atoms with van der Waals surface area (Å²) in [5, 5.41) is 0.566. The number of amidine groups is 1. The number of hydrogen-bond acceptors (Lipinski definition) is 4. The van der Waals surface area contributed by atoms with Crippen LogP contribution in [0.2, 0.25) is 0 Å². The molecule has 1 aromatic rings. The lowest BCUT2D eigenvalue weighted by molar-refractivity contribution is -0.121. The lowest BCUT2D eigenvalue weighted by atomic mass is 10.0. The second kappa shape index (κ2) is 7.87. The molecule has 0 aliphatic carbocycles. The molecule has 1 amide bonds. The number of nitrogens with zero attached hydrogens (tertiary/aromatic N) is 2. The van der Waals surface area contributed by atoms with E-state index in [0.717, 1.165) is 34.1 Å². The van der Waals surface area contributed by atoms with Crippen LogP contribution in [0.15, 0.2) is 21.6 Å². The zero-order valence-electron chi connectivity index (χ0n) is 16.0. The smallest absolute Gasteiger partial charge is 0.251 e. The summed E-state index contributed by atoms with van der Waals surface area (Å²) in [6.45, 7) is 8.01. The molecule has 2 saturated heterocycles. The summed E-state index contributed by atoms with van der Waals surface area (Å²) in [6, 6.07) is 3.86. The van der Waals surface area contributed by atoms with Crippen LogP contribution in [-0.4, -0.2) is 42.3 Å². The van der Waals surface area contributed by atoms with Gasteiger partial charge in [-0.25, -0.2) is 8.42 Å². The lowest BCUT2D eigenvalue weighted by Crippen LogP contribution is -2.38. The number of fused-ring (bicyclic) bond motifs is 1. The molecule has 3 rings (SSSR count). The van der Waals surface area contributed by atoms with Gasteiger partial charge >= 0.3 is 0 Å². The molecule has 2 heterocycles. The molecule has 2 fully saturated rings. The van der Waals surface area contributed by atoms with Crippen molar-refractivity contribution in [2.24, 2.45) is 10.9 Å². The van der Waals surface area contributed by atoms with E-state index in [1.54, 1.807) is 0 Å². The fraction of sp³-hybridized carbons (Fsp3) is 0.579. The predicted octanol–water partition coefficient (Wildman–Crippen LogP) is 4.10. The molecule has 27 heavy (non-hydrogen) atoms. The number of carbonyl (C=O) groups is 1. The van der Waals surface area contributed by atoms with Crippen LogP contribution in [0.5, 0.6) is 0 Å². The van der Waals surface area contributed by atoms with Gasteiger partial charge in [0.05, 0.1) is 17.5 Å². The number of rotatable bonds is 4. The lowest BCUT2D eigenvalue weighted by Gasteiger charge is -2.28. The van der Waals surface area contributed by atoms with Crippen molar-refractivity contribution in [3.8, 4) is 0 Å². The predicted molar refractivity (Wildman–Crippen MR) is 116 cm³/mol. The van der Waals surface area contributed by atoms with Gasteiger partial charge in [-0.05, 0) is 49.9 Å². The van der Waals surface area contributed by atoms with Gasteiger partial charge in [-0.15, -0.1) is 0 Å². The minimum Gasteiger partial charge on any atom is -0.315 e. The molecule has 2 aliphatic heterocycles. The Morgan fingerprint density at radius 1 is 1.26 bits per heavy atom. The Kier molecular flexibility index (Phi) is 6.08. The number of sulfone groups is 1. The molecular formula is C19H25BrN2O3S2. The van der Waals surface area contributed by atoms with Gasteiger partial charge in [-0.1, -0.05) is 41.5 Å². The Morgan fingerprint density at radius 2 is 1.85 bits per heavy atom. The fourth-order valence-corrected chi connectivity index (χ4v) is 8.52. The second-order valence-electron chi connectivity index (χ2n) is 7.30. The molecule has 0 aromatic heterocycles. The molecule has 0 spiro atoms. The standard InChI is InChI=1S/C19H25BrN2O3S2/c1-5-13(6-2)18(23)21-19-22(15-9-27(24,25)10-16(15)26-19)17-11(3)7-14(20)8-12(17)4/h7-8,13,15-16H,5-6,9-10H2,1-4H3/t15-,16+/m1/s1. The summed E-state index contributed by atoms with van der Waals surface area (Å²) in [4.78, 5) is 19.1. The molecule has 5 nitrogen and oxygen atoms in total. The first kappa shape index (κ1) is 20.9. The van der Waals surface area contributed by atoms with Crippen LogP contribution >= 0.6 is 27.7 Å². The van der Waals surface area contributed by atoms with E-state index >= 15 is 0 Å². The number of amides is 1. The molecule has 1 aromatic carbocycles. The maximum Gasteiger partial charge on any atom is 0.251 e. The zero-order chi connectivity index (χ0) is 19.9. The van der Waals surface area contributed by atoms with Crippen molar-refractivity contribution in [1.82, 2.24) is 0 Å². The fourth-order valence-electron chi connectivity index (χ4n) is 3.93. The van der Waals surface area contributed by atoms with Crippen molar-refractivity contribution in [3.05, 3.63) is 27.7 Å². The highest BCUT2D eigenvalue weighted by atomic mass is 79.9. The Hall–Kier alpha value is -0.860. The third kappa shape index (κ3) is 4.12. The average Bonchev–Trinajstić information content (AvgIpc) is 3.00.